The first kappa shape index (κ1) is 17.6. The SMILES string of the molecule is Cc1cccc(CNC(=O)c2ccc(NCCc3ccccc3)nn2)c1. The topological polar surface area (TPSA) is 66.9 Å². The average Bonchev–Trinajstić information content (AvgIpc) is 2.68. The van der Waals surface area contributed by atoms with Crippen LogP contribution in [0.3, 0.4) is 0 Å². The van der Waals surface area contributed by atoms with Crippen molar-refractivity contribution in [3.05, 3.63) is 89.1 Å². The van der Waals surface area contributed by atoms with Gasteiger partial charge in [0.25, 0.3) is 5.91 Å². The first-order valence-corrected chi connectivity index (χ1v) is 8.66. The van der Waals surface area contributed by atoms with Gasteiger partial charge in [-0.3, -0.25) is 4.79 Å². The third kappa shape index (κ3) is 5.14. The maximum Gasteiger partial charge on any atom is 0.272 e. The van der Waals surface area contributed by atoms with Crippen molar-refractivity contribution in [2.75, 3.05) is 11.9 Å². The van der Waals surface area contributed by atoms with Crippen LogP contribution in [0.5, 0.6) is 0 Å². The molecule has 2 N–H and O–H groups in total. The Hall–Kier alpha value is -3.21. The molecule has 132 valence electrons. The Balaban J connectivity index is 1.48. The predicted octanol–water partition coefficient (Wildman–Crippen LogP) is 3.37. The van der Waals surface area contributed by atoms with Crippen molar-refractivity contribution in [3.8, 4) is 0 Å². The number of nitrogens with zero attached hydrogens (tertiary/aromatic N) is 2. The van der Waals surface area contributed by atoms with Gasteiger partial charge in [-0.05, 0) is 36.6 Å². The Bertz CT molecular complexity index is 847. The van der Waals surface area contributed by atoms with Gasteiger partial charge in [-0.1, -0.05) is 60.2 Å². The minimum absolute atomic E-state index is 0.227. The molecule has 1 aromatic heterocycles. The van der Waals surface area contributed by atoms with E-state index >= 15 is 0 Å². The molecule has 1 amide bonds. The summed E-state index contributed by atoms with van der Waals surface area (Å²) < 4.78 is 0. The van der Waals surface area contributed by atoms with E-state index in [1.807, 2.05) is 49.4 Å². The first-order chi connectivity index (χ1) is 12.7. The molecule has 5 heteroatoms. The van der Waals surface area contributed by atoms with Gasteiger partial charge in [0.2, 0.25) is 0 Å². The lowest BCUT2D eigenvalue weighted by atomic mass is 10.1. The lowest BCUT2D eigenvalue weighted by Gasteiger charge is -2.07. The van der Waals surface area contributed by atoms with Crippen molar-refractivity contribution >= 4 is 11.7 Å². The number of benzene rings is 2. The Kier molecular flexibility index (Phi) is 5.93. The molecule has 0 aliphatic heterocycles. The molecule has 0 spiro atoms. The molecule has 0 saturated heterocycles. The van der Waals surface area contributed by atoms with Gasteiger partial charge in [0.1, 0.15) is 5.82 Å². The minimum atomic E-state index is -0.227. The van der Waals surface area contributed by atoms with Crippen molar-refractivity contribution in [1.29, 1.82) is 0 Å². The van der Waals surface area contributed by atoms with Gasteiger partial charge in [-0.15, -0.1) is 10.2 Å². The van der Waals surface area contributed by atoms with E-state index in [1.165, 1.54) is 11.1 Å². The van der Waals surface area contributed by atoms with E-state index in [1.54, 1.807) is 12.1 Å². The molecule has 0 unspecified atom stereocenters. The van der Waals surface area contributed by atoms with Crippen molar-refractivity contribution in [3.63, 3.8) is 0 Å². The zero-order valence-corrected chi connectivity index (χ0v) is 14.8. The molecule has 0 fully saturated rings. The number of rotatable bonds is 7. The zero-order chi connectivity index (χ0) is 18.2. The zero-order valence-electron chi connectivity index (χ0n) is 14.8. The summed E-state index contributed by atoms with van der Waals surface area (Å²) in [6, 6.07) is 21.7. The third-order valence-corrected chi connectivity index (χ3v) is 4.00. The van der Waals surface area contributed by atoms with E-state index in [-0.39, 0.29) is 5.91 Å². The maximum atomic E-state index is 12.2. The van der Waals surface area contributed by atoms with Crippen LogP contribution in [-0.4, -0.2) is 22.6 Å². The van der Waals surface area contributed by atoms with Crippen LogP contribution in [0.25, 0.3) is 0 Å². The van der Waals surface area contributed by atoms with E-state index in [0.717, 1.165) is 18.5 Å². The van der Waals surface area contributed by atoms with Crippen LogP contribution in [0.2, 0.25) is 0 Å². The number of aromatic nitrogens is 2. The fraction of sp³-hybridized carbons (Fsp3) is 0.190. The van der Waals surface area contributed by atoms with Gasteiger partial charge < -0.3 is 10.6 Å². The number of carbonyl (C=O) groups excluding carboxylic acids is 1. The second kappa shape index (κ2) is 8.76. The van der Waals surface area contributed by atoms with Gasteiger partial charge >= 0.3 is 0 Å². The van der Waals surface area contributed by atoms with Gasteiger partial charge in [0.05, 0.1) is 0 Å². The molecule has 3 rings (SSSR count). The van der Waals surface area contributed by atoms with Crippen molar-refractivity contribution in [1.82, 2.24) is 15.5 Å². The summed E-state index contributed by atoms with van der Waals surface area (Å²) in [7, 11) is 0. The highest BCUT2D eigenvalue weighted by Crippen LogP contribution is 2.06. The van der Waals surface area contributed by atoms with Gasteiger partial charge in [0.15, 0.2) is 5.69 Å². The average molecular weight is 346 g/mol. The fourth-order valence-electron chi connectivity index (χ4n) is 2.62. The molecule has 0 aliphatic carbocycles. The number of carbonyl (C=O) groups is 1. The van der Waals surface area contributed by atoms with Crippen molar-refractivity contribution in [2.24, 2.45) is 0 Å². The van der Waals surface area contributed by atoms with Gasteiger partial charge in [-0.2, -0.15) is 0 Å². The highest BCUT2D eigenvalue weighted by molar-refractivity contribution is 5.92. The maximum absolute atomic E-state index is 12.2. The number of hydrogen-bond acceptors (Lipinski definition) is 4. The quantitative estimate of drug-likeness (QED) is 0.688. The van der Waals surface area contributed by atoms with Crippen molar-refractivity contribution in [2.45, 2.75) is 19.9 Å². The van der Waals surface area contributed by atoms with Crippen LogP contribution >= 0.6 is 0 Å². The van der Waals surface area contributed by atoms with Crippen LogP contribution in [0.1, 0.15) is 27.2 Å². The Morgan fingerprint density at radius 1 is 0.923 bits per heavy atom. The Morgan fingerprint density at radius 2 is 1.73 bits per heavy atom. The molecule has 26 heavy (non-hydrogen) atoms. The number of hydrogen-bond donors (Lipinski definition) is 2. The van der Waals surface area contributed by atoms with E-state index in [2.05, 4.69) is 33.0 Å². The fourth-order valence-corrected chi connectivity index (χ4v) is 2.62. The number of amides is 1. The lowest BCUT2D eigenvalue weighted by Crippen LogP contribution is -2.24. The Morgan fingerprint density at radius 3 is 2.46 bits per heavy atom. The van der Waals surface area contributed by atoms with Crippen LogP contribution < -0.4 is 10.6 Å². The highest BCUT2D eigenvalue weighted by Gasteiger charge is 2.08. The van der Waals surface area contributed by atoms with Crippen molar-refractivity contribution < 1.29 is 4.79 Å². The monoisotopic (exact) mass is 346 g/mol. The molecular formula is C21H22N4O. The van der Waals surface area contributed by atoms with Crippen LogP contribution in [0, 0.1) is 6.92 Å². The highest BCUT2D eigenvalue weighted by atomic mass is 16.1. The van der Waals surface area contributed by atoms with E-state index < -0.39 is 0 Å². The summed E-state index contributed by atoms with van der Waals surface area (Å²) in [6.45, 7) is 3.26. The molecule has 0 atom stereocenters. The summed E-state index contributed by atoms with van der Waals surface area (Å²) in [5.41, 5.74) is 3.80. The summed E-state index contributed by atoms with van der Waals surface area (Å²) in [6.07, 6.45) is 0.904. The van der Waals surface area contributed by atoms with Gasteiger partial charge in [0, 0.05) is 13.1 Å². The summed E-state index contributed by atoms with van der Waals surface area (Å²) in [5, 5.41) is 14.2. The second-order valence-electron chi connectivity index (χ2n) is 6.14. The summed E-state index contributed by atoms with van der Waals surface area (Å²) >= 11 is 0. The number of anilines is 1. The van der Waals surface area contributed by atoms with Crippen LogP contribution in [0.4, 0.5) is 5.82 Å². The number of nitrogens with one attached hydrogen (secondary N) is 2. The standard InChI is InChI=1S/C21H22N4O/c1-16-6-5-9-18(14-16)15-23-21(26)19-10-11-20(25-24-19)22-13-12-17-7-3-2-4-8-17/h2-11,14H,12-13,15H2,1H3,(H,22,25)(H,23,26). The van der Waals surface area contributed by atoms with E-state index in [0.29, 0.717) is 18.1 Å². The predicted molar refractivity (Wildman–Crippen MR) is 103 cm³/mol. The van der Waals surface area contributed by atoms with Crippen LogP contribution in [0.15, 0.2) is 66.7 Å². The molecule has 0 bridgehead atoms. The van der Waals surface area contributed by atoms with Crippen LogP contribution in [-0.2, 0) is 13.0 Å². The smallest absolute Gasteiger partial charge is 0.272 e. The molecule has 0 saturated carbocycles. The Labute approximate surface area is 153 Å². The first-order valence-electron chi connectivity index (χ1n) is 8.66. The molecule has 0 aliphatic rings. The minimum Gasteiger partial charge on any atom is -0.368 e. The van der Waals surface area contributed by atoms with E-state index in [9.17, 15) is 4.79 Å². The lowest BCUT2D eigenvalue weighted by molar-refractivity contribution is 0.0945. The molecule has 0 radical (unpaired) electrons. The molecule has 1 heterocycles. The summed E-state index contributed by atoms with van der Waals surface area (Å²) in [5.74, 6) is 0.436. The molecule has 5 nitrogen and oxygen atoms in total. The third-order valence-electron chi connectivity index (χ3n) is 4.00. The second-order valence-corrected chi connectivity index (χ2v) is 6.14. The molecule has 3 aromatic rings. The van der Waals surface area contributed by atoms with Gasteiger partial charge in [-0.25, -0.2) is 0 Å². The molecular weight excluding hydrogens is 324 g/mol. The normalized spacial score (nSPS) is 10.3. The number of aryl methyl sites for hydroxylation is 1. The van der Waals surface area contributed by atoms with E-state index in [4.69, 9.17) is 0 Å². The molecule has 2 aromatic carbocycles. The summed E-state index contributed by atoms with van der Waals surface area (Å²) in [4.78, 5) is 12.2. The largest absolute Gasteiger partial charge is 0.368 e.